The number of ether oxygens (including phenoxy) is 2. The zero-order chi connectivity index (χ0) is 42.1. The molecule has 3 saturated carbocycles. The Balaban J connectivity index is 1.05. The second-order valence-electron chi connectivity index (χ2n) is 17.4. The Bertz CT molecular complexity index is 2440. The molecule has 4 amide bonds. The highest BCUT2D eigenvalue weighted by molar-refractivity contribution is 7.90. The van der Waals surface area contributed by atoms with Crippen molar-refractivity contribution in [2.24, 2.45) is 5.92 Å². The van der Waals surface area contributed by atoms with Crippen LogP contribution in [0.4, 0.5) is 4.79 Å². The summed E-state index contributed by atoms with van der Waals surface area (Å²) in [5, 5.41) is 5.93. The van der Waals surface area contributed by atoms with Gasteiger partial charge in [0.05, 0.1) is 17.5 Å². The summed E-state index contributed by atoms with van der Waals surface area (Å²) < 4.78 is 47.9. The highest BCUT2D eigenvalue weighted by Gasteiger charge is 2.62. The highest BCUT2D eigenvalue weighted by atomic mass is 32.2. The number of aromatic nitrogens is 1. The van der Waals surface area contributed by atoms with Gasteiger partial charge in [-0.05, 0) is 76.3 Å². The van der Waals surface area contributed by atoms with Crippen molar-refractivity contribution in [2.45, 2.75) is 131 Å². The third-order valence-corrected chi connectivity index (χ3v) is 15.0. The summed E-state index contributed by atoms with van der Waals surface area (Å²) in [7, 11) is -3.98. The van der Waals surface area contributed by atoms with E-state index in [-0.39, 0.29) is 25.5 Å². The molecule has 0 radical (unpaired) electrons. The van der Waals surface area contributed by atoms with Crippen LogP contribution in [-0.2, 0) is 29.1 Å². The fourth-order valence-corrected chi connectivity index (χ4v) is 11.2. The molecule has 0 spiro atoms. The standard InChI is InChI=1S/C46H53N5O9S/c52-42-37-25-32(58-39-26-36(29-15-5-4-6-16-29)47-40-34-22-13-14-24-38(34)60-41(39)40)28-51(37)43(53)35(48-45(55)59-31-18-9-10-19-31)23-8-3-1-2-7-17-30-27-46(30,49-42)44(54)50-61(56,57)33-20-11-12-21-33/h4-7,13-17,22,24,26,30-33,35,37H,1-3,8-12,18-21,23,25,27-28H2,(H,48,55)(H,49,52)(H,50,54)/b17-7-. The molecule has 9 rings (SSSR count). The van der Waals surface area contributed by atoms with Gasteiger partial charge in [0.25, 0.3) is 5.91 Å². The van der Waals surface area contributed by atoms with Gasteiger partial charge in [0.2, 0.25) is 21.8 Å². The molecule has 4 aromatic rings. The molecular weight excluding hydrogens is 799 g/mol. The van der Waals surface area contributed by atoms with E-state index in [4.69, 9.17) is 18.9 Å². The molecule has 322 valence electrons. The number of hydrogen-bond donors (Lipinski definition) is 3. The van der Waals surface area contributed by atoms with Gasteiger partial charge in [-0.25, -0.2) is 18.2 Å². The van der Waals surface area contributed by atoms with Crippen LogP contribution in [0.3, 0.4) is 0 Å². The summed E-state index contributed by atoms with van der Waals surface area (Å²) in [5.74, 6) is -1.91. The smallest absolute Gasteiger partial charge is 0.408 e. The normalized spacial score (nSPS) is 27.1. The number of para-hydroxylation sites is 1. The van der Waals surface area contributed by atoms with E-state index < -0.39 is 68.7 Å². The summed E-state index contributed by atoms with van der Waals surface area (Å²) >= 11 is 0. The van der Waals surface area contributed by atoms with Crippen LogP contribution < -0.4 is 20.1 Å². The SMILES string of the molecule is O=C(NC1CCCCC/C=C\C2CC2(C(=O)NS(=O)(=O)C2CCCC2)NC(=O)C2CC(Oc3cc(-c4ccccc4)nc4c3oc3ccccc34)CN2C1=O)OC1CCCC1. The molecule has 3 N–H and O–H groups in total. The first kappa shape index (κ1) is 40.9. The largest absolute Gasteiger partial charge is 0.484 e. The molecule has 2 aromatic heterocycles. The first-order chi connectivity index (χ1) is 29.6. The number of furan rings is 1. The predicted octanol–water partition coefficient (Wildman–Crippen LogP) is 6.82. The molecule has 4 fully saturated rings. The highest BCUT2D eigenvalue weighted by Crippen LogP contribution is 2.46. The summed E-state index contributed by atoms with van der Waals surface area (Å²) in [6, 6.07) is 16.9. The topological polar surface area (TPSA) is 186 Å². The van der Waals surface area contributed by atoms with Crippen LogP contribution in [0, 0.1) is 5.92 Å². The van der Waals surface area contributed by atoms with Crippen molar-refractivity contribution in [1.29, 1.82) is 0 Å². The monoisotopic (exact) mass is 851 g/mol. The lowest BCUT2D eigenvalue weighted by Crippen LogP contribution is -2.58. The minimum Gasteiger partial charge on any atom is -0.484 e. The van der Waals surface area contributed by atoms with Gasteiger partial charge in [-0.3, -0.25) is 19.1 Å². The van der Waals surface area contributed by atoms with Gasteiger partial charge in [-0.15, -0.1) is 0 Å². The Morgan fingerprint density at radius 2 is 1.62 bits per heavy atom. The summed E-state index contributed by atoms with van der Waals surface area (Å²) in [5.41, 5.74) is 1.63. The van der Waals surface area contributed by atoms with Crippen molar-refractivity contribution in [2.75, 3.05) is 6.54 Å². The Morgan fingerprint density at radius 3 is 2.43 bits per heavy atom. The Morgan fingerprint density at radius 1 is 0.885 bits per heavy atom. The summed E-state index contributed by atoms with van der Waals surface area (Å²) in [6.45, 7) is -0.0178. The van der Waals surface area contributed by atoms with E-state index in [1.807, 2.05) is 66.7 Å². The van der Waals surface area contributed by atoms with Gasteiger partial charge in [-0.1, -0.05) is 80.3 Å². The van der Waals surface area contributed by atoms with Crippen LogP contribution in [0.1, 0.15) is 96.3 Å². The zero-order valence-electron chi connectivity index (χ0n) is 34.2. The second kappa shape index (κ2) is 17.1. The maximum atomic E-state index is 14.8. The number of amides is 4. The van der Waals surface area contributed by atoms with E-state index in [1.165, 1.54) is 4.90 Å². The molecule has 5 atom stereocenters. The quantitative estimate of drug-likeness (QED) is 0.159. The molecule has 3 aliphatic carbocycles. The second-order valence-corrected chi connectivity index (χ2v) is 19.3. The number of pyridine rings is 1. The lowest BCUT2D eigenvalue weighted by atomic mass is 10.0. The molecule has 0 bridgehead atoms. The van der Waals surface area contributed by atoms with Crippen LogP contribution in [0.25, 0.3) is 33.3 Å². The van der Waals surface area contributed by atoms with Gasteiger partial charge in [-0.2, -0.15) is 0 Å². The lowest BCUT2D eigenvalue weighted by Gasteiger charge is -2.30. The number of rotatable bonds is 8. The Hall–Kier alpha value is -5.44. The van der Waals surface area contributed by atoms with Crippen LogP contribution in [0.5, 0.6) is 5.75 Å². The van der Waals surface area contributed by atoms with Crippen molar-refractivity contribution >= 4 is 55.9 Å². The molecule has 15 heteroatoms. The van der Waals surface area contributed by atoms with Crippen molar-refractivity contribution in [3.8, 4) is 17.0 Å². The number of hydrogen-bond acceptors (Lipinski definition) is 10. The average molecular weight is 852 g/mol. The number of carbonyl (C=O) groups is 4. The number of allylic oxidation sites excluding steroid dienone is 1. The van der Waals surface area contributed by atoms with Crippen molar-refractivity contribution in [1.82, 2.24) is 25.2 Å². The molecule has 5 unspecified atom stereocenters. The molecule has 1 saturated heterocycles. The molecule has 2 aliphatic heterocycles. The van der Waals surface area contributed by atoms with E-state index in [0.717, 1.165) is 62.3 Å². The van der Waals surface area contributed by atoms with Gasteiger partial charge in [0.1, 0.15) is 40.9 Å². The molecule has 5 aliphatic rings. The number of alkyl carbamates (subject to hydrolysis) is 1. The average Bonchev–Trinajstić information content (AvgIpc) is 3.89. The summed E-state index contributed by atoms with van der Waals surface area (Å²) in [6.07, 6.45) is 11.7. The predicted molar refractivity (Wildman–Crippen MR) is 228 cm³/mol. The Kier molecular flexibility index (Phi) is 11.5. The van der Waals surface area contributed by atoms with Crippen LogP contribution in [0.2, 0.25) is 0 Å². The third kappa shape index (κ3) is 8.58. The third-order valence-electron chi connectivity index (χ3n) is 13.1. The van der Waals surface area contributed by atoms with Crippen LogP contribution in [-0.4, -0.2) is 83.7 Å². The number of sulfonamides is 1. The first-order valence-electron chi connectivity index (χ1n) is 21.9. The van der Waals surface area contributed by atoms with Crippen molar-refractivity contribution < 1.29 is 41.5 Å². The summed E-state index contributed by atoms with van der Waals surface area (Å²) in [4.78, 5) is 63.3. The van der Waals surface area contributed by atoms with Crippen LogP contribution in [0.15, 0.2) is 77.2 Å². The molecule has 2 aromatic carbocycles. The zero-order valence-corrected chi connectivity index (χ0v) is 35.0. The van der Waals surface area contributed by atoms with E-state index in [1.54, 1.807) is 6.07 Å². The van der Waals surface area contributed by atoms with Gasteiger partial charge in [0.15, 0.2) is 11.3 Å². The van der Waals surface area contributed by atoms with E-state index >= 15 is 0 Å². The van der Waals surface area contributed by atoms with Gasteiger partial charge in [0, 0.05) is 29.4 Å². The number of carbonyl (C=O) groups excluding carboxylic acids is 4. The molecule has 14 nitrogen and oxygen atoms in total. The number of benzene rings is 2. The van der Waals surface area contributed by atoms with Crippen molar-refractivity contribution in [3.05, 3.63) is 72.8 Å². The maximum Gasteiger partial charge on any atom is 0.408 e. The maximum absolute atomic E-state index is 14.8. The minimum atomic E-state index is -3.98. The van der Waals surface area contributed by atoms with Gasteiger partial charge >= 0.3 is 6.09 Å². The van der Waals surface area contributed by atoms with Crippen LogP contribution >= 0.6 is 0 Å². The fourth-order valence-electron chi connectivity index (χ4n) is 9.68. The van der Waals surface area contributed by atoms with E-state index in [2.05, 4.69) is 15.4 Å². The Labute approximate surface area is 355 Å². The van der Waals surface area contributed by atoms with Gasteiger partial charge < -0.3 is 29.4 Å². The number of fused-ring (bicyclic) bond motifs is 5. The molecular formula is C46H53N5O9S. The number of nitrogens with one attached hydrogen (secondary N) is 3. The van der Waals surface area contributed by atoms with E-state index in [9.17, 15) is 27.6 Å². The first-order valence-corrected chi connectivity index (χ1v) is 23.5. The fraction of sp³-hybridized carbons (Fsp3) is 0.500. The lowest BCUT2D eigenvalue weighted by molar-refractivity contribution is -0.141. The molecule has 4 heterocycles. The minimum absolute atomic E-state index is 0.0178. The van der Waals surface area contributed by atoms with E-state index in [0.29, 0.717) is 60.2 Å². The van der Waals surface area contributed by atoms with Crippen molar-refractivity contribution in [3.63, 3.8) is 0 Å². The number of nitrogens with zero attached hydrogens (tertiary/aromatic N) is 2. The molecule has 61 heavy (non-hydrogen) atoms.